The average molecular weight is 481 g/mol. The third-order valence-corrected chi connectivity index (χ3v) is 6.19. The molecule has 33 heavy (non-hydrogen) atoms. The monoisotopic (exact) mass is 480 g/mol. The zero-order valence-corrected chi connectivity index (χ0v) is 19.8. The second kappa shape index (κ2) is 12.1. The molecule has 8 heteroatoms. The van der Waals surface area contributed by atoms with Gasteiger partial charge >= 0.3 is 5.97 Å². The standard InChI is InChI=1S/C25H24N2O4S2/c1-26(17-20-11-6-3-7-12-20)22(28)18-31-23(29)15-16-27-24(30)21(33-25(27)32)14-8-13-19-9-4-2-5-10-19/h2-14H,15-18H2,1H3/b13-8+,21-14-. The molecule has 0 atom stereocenters. The van der Waals surface area contributed by atoms with E-state index in [1.54, 1.807) is 19.2 Å². The molecule has 6 nitrogen and oxygen atoms in total. The van der Waals surface area contributed by atoms with Gasteiger partial charge in [0.2, 0.25) is 0 Å². The molecular formula is C25H24N2O4S2. The van der Waals surface area contributed by atoms with Crippen molar-refractivity contribution in [2.45, 2.75) is 13.0 Å². The van der Waals surface area contributed by atoms with Gasteiger partial charge in [0.15, 0.2) is 6.61 Å². The number of hydrogen-bond donors (Lipinski definition) is 0. The summed E-state index contributed by atoms with van der Waals surface area (Å²) in [6.45, 7) is 0.195. The highest BCUT2D eigenvalue weighted by atomic mass is 32.2. The van der Waals surface area contributed by atoms with E-state index in [9.17, 15) is 14.4 Å². The highest BCUT2D eigenvalue weighted by Gasteiger charge is 2.31. The average Bonchev–Trinajstić information content (AvgIpc) is 3.09. The fourth-order valence-corrected chi connectivity index (χ4v) is 4.25. The summed E-state index contributed by atoms with van der Waals surface area (Å²) in [5.41, 5.74) is 2.01. The Morgan fingerprint density at radius 1 is 1.09 bits per heavy atom. The minimum absolute atomic E-state index is 0.0464. The van der Waals surface area contributed by atoms with Gasteiger partial charge < -0.3 is 9.64 Å². The van der Waals surface area contributed by atoms with Crippen LogP contribution in [-0.4, -0.2) is 52.1 Å². The lowest BCUT2D eigenvalue weighted by atomic mass is 10.2. The summed E-state index contributed by atoms with van der Waals surface area (Å²) in [5.74, 6) is -1.10. The van der Waals surface area contributed by atoms with Crippen LogP contribution in [0.1, 0.15) is 17.5 Å². The number of carbonyl (C=O) groups is 3. The van der Waals surface area contributed by atoms with Gasteiger partial charge in [0.25, 0.3) is 11.8 Å². The Hall–Kier alpha value is -3.23. The number of hydrogen-bond acceptors (Lipinski definition) is 6. The van der Waals surface area contributed by atoms with Gasteiger partial charge in [-0.3, -0.25) is 19.3 Å². The Morgan fingerprint density at radius 3 is 2.45 bits per heavy atom. The molecule has 0 N–H and O–H groups in total. The van der Waals surface area contributed by atoms with Gasteiger partial charge in [0.1, 0.15) is 4.32 Å². The van der Waals surface area contributed by atoms with Crippen molar-refractivity contribution >= 4 is 52.2 Å². The van der Waals surface area contributed by atoms with Gasteiger partial charge in [-0.1, -0.05) is 96.8 Å². The zero-order chi connectivity index (χ0) is 23.6. The maximum Gasteiger partial charge on any atom is 0.308 e. The number of amides is 2. The third-order valence-electron chi connectivity index (χ3n) is 4.79. The van der Waals surface area contributed by atoms with Crippen LogP contribution in [0.3, 0.4) is 0 Å². The molecule has 170 valence electrons. The molecule has 2 amide bonds. The van der Waals surface area contributed by atoms with Gasteiger partial charge in [-0.25, -0.2) is 0 Å². The Labute approximate surface area is 202 Å². The SMILES string of the molecule is CN(Cc1ccccc1)C(=O)COC(=O)CCN1C(=O)/C(=C/C=C/c2ccccc2)SC1=S. The lowest BCUT2D eigenvalue weighted by Gasteiger charge is -2.17. The highest BCUT2D eigenvalue weighted by Crippen LogP contribution is 2.31. The van der Waals surface area contributed by atoms with Crippen molar-refractivity contribution < 1.29 is 19.1 Å². The first-order chi connectivity index (χ1) is 15.9. The smallest absolute Gasteiger partial charge is 0.308 e. The molecule has 1 fully saturated rings. The molecule has 0 aromatic heterocycles. The number of nitrogens with zero attached hydrogens (tertiary/aromatic N) is 2. The number of carbonyl (C=O) groups excluding carboxylic acids is 3. The number of likely N-dealkylation sites (N-methyl/N-ethyl adjacent to an activating group) is 1. The largest absolute Gasteiger partial charge is 0.456 e. The van der Waals surface area contributed by atoms with Gasteiger partial charge in [-0.15, -0.1) is 0 Å². The normalized spacial score (nSPS) is 14.8. The summed E-state index contributed by atoms with van der Waals surface area (Å²) in [6, 6.07) is 19.3. The molecule has 0 spiro atoms. The topological polar surface area (TPSA) is 66.9 Å². The fraction of sp³-hybridized carbons (Fsp3) is 0.200. The van der Waals surface area contributed by atoms with Gasteiger partial charge in [0.05, 0.1) is 11.3 Å². The van der Waals surface area contributed by atoms with Crippen LogP contribution in [0.15, 0.2) is 77.7 Å². The Bertz CT molecular complexity index is 1070. The van der Waals surface area contributed by atoms with Crippen molar-refractivity contribution in [3.8, 4) is 0 Å². The number of thiocarbonyl (C=S) groups is 1. The molecule has 0 aliphatic carbocycles. The molecule has 2 aromatic carbocycles. The van der Waals surface area contributed by atoms with Crippen LogP contribution in [0.4, 0.5) is 0 Å². The molecule has 1 saturated heterocycles. The van der Waals surface area contributed by atoms with Crippen molar-refractivity contribution in [3.63, 3.8) is 0 Å². The Morgan fingerprint density at radius 2 is 1.76 bits per heavy atom. The lowest BCUT2D eigenvalue weighted by molar-refractivity contribution is -0.152. The summed E-state index contributed by atoms with van der Waals surface area (Å²) in [4.78, 5) is 40.3. The Kier molecular flexibility index (Phi) is 8.97. The van der Waals surface area contributed by atoms with E-state index in [1.165, 1.54) is 21.6 Å². The molecule has 3 rings (SSSR count). The summed E-state index contributed by atoms with van der Waals surface area (Å²) >= 11 is 6.48. The van der Waals surface area contributed by atoms with Crippen molar-refractivity contribution in [1.29, 1.82) is 0 Å². The first-order valence-electron chi connectivity index (χ1n) is 10.3. The molecule has 1 aliphatic heterocycles. The molecule has 1 heterocycles. The third kappa shape index (κ3) is 7.40. The van der Waals surface area contributed by atoms with E-state index in [1.807, 2.05) is 66.7 Å². The minimum Gasteiger partial charge on any atom is -0.456 e. The van der Waals surface area contributed by atoms with Crippen LogP contribution >= 0.6 is 24.0 Å². The van der Waals surface area contributed by atoms with Crippen LogP contribution in [0.2, 0.25) is 0 Å². The maximum absolute atomic E-state index is 12.6. The van der Waals surface area contributed by atoms with Crippen molar-refractivity contribution in [2.75, 3.05) is 20.2 Å². The van der Waals surface area contributed by atoms with Gasteiger partial charge in [0, 0.05) is 20.1 Å². The van der Waals surface area contributed by atoms with Crippen LogP contribution in [0.25, 0.3) is 6.08 Å². The van der Waals surface area contributed by atoms with Crippen LogP contribution in [0.5, 0.6) is 0 Å². The second-order valence-corrected chi connectivity index (χ2v) is 8.95. The molecule has 1 aliphatic rings. The summed E-state index contributed by atoms with van der Waals surface area (Å²) in [5, 5.41) is 0. The number of esters is 1. The van der Waals surface area contributed by atoms with E-state index in [2.05, 4.69) is 0 Å². The van der Waals surface area contributed by atoms with E-state index >= 15 is 0 Å². The number of benzene rings is 2. The minimum atomic E-state index is -0.557. The lowest BCUT2D eigenvalue weighted by Crippen LogP contribution is -2.33. The zero-order valence-electron chi connectivity index (χ0n) is 18.2. The highest BCUT2D eigenvalue weighted by molar-refractivity contribution is 8.26. The maximum atomic E-state index is 12.6. The van der Waals surface area contributed by atoms with E-state index in [0.717, 1.165) is 11.1 Å². The van der Waals surface area contributed by atoms with Crippen LogP contribution in [-0.2, 0) is 25.7 Å². The number of allylic oxidation sites excluding steroid dienone is 2. The van der Waals surface area contributed by atoms with Crippen LogP contribution < -0.4 is 0 Å². The Balaban J connectivity index is 1.43. The quantitative estimate of drug-likeness (QED) is 0.307. The first kappa shape index (κ1) is 24.4. The van der Waals surface area contributed by atoms with Gasteiger partial charge in [-0.05, 0) is 17.2 Å². The second-order valence-electron chi connectivity index (χ2n) is 7.27. The molecule has 0 radical (unpaired) electrons. The van der Waals surface area contributed by atoms with Crippen molar-refractivity contribution in [2.24, 2.45) is 0 Å². The van der Waals surface area contributed by atoms with Crippen molar-refractivity contribution in [1.82, 2.24) is 9.80 Å². The van der Waals surface area contributed by atoms with Crippen molar-refractivity contribution in [3.05, 3.63) is 88.8 Å². The van der Waals surface area contributed by atoms with E-state index in [4.69, 9.17) is 17.0 Å². The number of rotatable bonds is 9. The number of thioether (sulfide) groups is 1. The molecule has 2 aromatic rings. The predicted molar refractivity (Wildman–Crippen MR) is 134 cm³/mol. The summed E-state index contributed by atoms with van der Waals surface area (Å²) in [7, 11) is 1.65. The molecule has 0 bridgehead atoms. The molecule has 0 saturated carbocycles. The van der Waals surface area contributed by atoms with E-state index in [-0.39, 0.29) is 31.4 Å². The number of ether oxygens (including phenoxy) is 1. The predicted octanol–water partition coefficient (Wildman–Crippen LogP) is 4.04. The summed E-state index contributed by atoms with van der Waals surface area (Å²) < 4.78 is 5.48. The van der Waals surface area contributed by atoms with Gasteiger partial charge in [-0.2, -0.15) is 0 Å². The van der Waals surface area contributed by atoms with E-state index < -0.39 is 5.97 Å². The molecular weight excluding hydrogens is 456 g/mol. The van der Waals surface area contributed by atoms with Crippen LogP contribution in [0, 0.1) is 0 Å². The van der Waals surface area contributed by atoms with E-state index in [0.29, 0.717) is 15.8 Å². The first-order valence-corrected chi connectivity index (χ1v) is 11.6. The fourth-order valence-electron chi connectivity index (χ4n) is 2.99. The molecule has 0 unspecified atom stereocenters. The summed E-state index contributed by atoms with van der Waals surface area (Å²) in [6.07, 6.45) is 5.37.